The average molecular weight is 463 g/mol. The van der Waals surface area contributed by atoms with Gasteiger partial charge in [0.25, 0.3) is 0 Å². The molecule has 8 nitrogen and oxygen atoms in total. The Morgan fingerprint density at radius 1 is 1.15 bits per heavy atom. The van der Waals surface area contributed by atoms with Gasteiger partial charge >= 0.3 is 11.9 Å². The van der Waals surface area contributed by atoms with Gasteiger partial charge in [-0.15, -0.1) is 0 Å². The van der Waals surface area contributed by atoms with Gasteiger partial charge < -0.3 is 29.6 Å². The molecule has 5 aliphatic rings. The lowest BCUT2D eigenvalue weighted by atomic mass is 9.41. The molecular weight excluding hydrogens is 428 g/mol. The lowest BCUT2D eigenvalue weighted by Crippen LogP contribution is -2.68. The highest BCUT2D eigenvalue weighted by Crippen LogP contribution is 2.70. The monoisotopic (exact) mass is 462 g/mol. The van der Waals surface area contributed by atoms with Crippen molar-refractivity contribution in [1.82, 2.24) is 0 Å². The molecule has 182 valence electrons. The van der Waals surface area contributed by atoms with Crippen LogP contribution in [0.5, 0.6) is 0 Å². The van der Waals surface area contributed by atoms with Crippen molar-refractivity contribution in [2.45, 2.75) is 88.6 Å². The van der Waals surface area contributed by atoms with Crippen LogP contribution in [-0.2, 0) is 23.9 Å². The fourth-order valence-electron chi connectivity index (χ4n) is 8.71. The molecule has 9 unspecified atom stereocenters. The number of aliphatic hydroxyl groups excluding tert-OH is 1. The number of cyclic esters (lactones) is 1. The fourth-order valence-corrected chi connectivity index (χ4v) is 8.71. The van der Waals surface area contributed by atoms with E-state index in [0.717, 1.165) is 11.9 Å². The van der Waals surface area contributed by atoms with Crippen molar-refractivity contribution < 1.29 is 39.2 Å². The number of carbonyl (C=O) groups is 3. The zero-order chi connectivity index (χ0) is 23.8. The van der Waals surface area contributed by atoms with E-state index in [1.165, 1.54) is 13.0 Å². The van der Waals surface area contributed by atoms with Gasteiger partial charge in [0.1, 0.15) is 19.0 Å². The minimum Gasteiger partial charge on any atom is -0.462 e. The second kappa shape index (κ2) is 7.36. The Labute approximate surface area is 193 Å². The SMILES string of the molecule is CC(=O)OC1CC2(O)C3CCC4(O)CC(O)CCC4(C=O)C3CCC2(C)C1C1=CC(=O)OC1. The summed E-state index contributed by atoms with van der Waals surface area (Å²) in [7, 11) is 0. The first kappa shape index (κ1) is 23.0. The van der Waals surface area contributed by atoms with Crippen molar-refractivity contribution in [2.24, 2.45) is 28.6 Å². The number of ether oxygens (including phenoxy) is 2. The molecule has 9 atom stereocenters. The summed E-state index contributed by atoms with van der Waals surface area (Å²) in [5.41, 5.74) is -3.46. The van der Waals surface area contributed by atoms with E-state index in [9.17, 15) is 29.7 Å². The summed E-state index contributed by atoms with van der Waals surface area (Å²) in [6.07, 6.45) is 4.40. The lowest BCUT2D eigenvalue weighted by molar-refractivity contribution is -0.248. The maximum absolute atomic E-state index is 12.6. The van der Waals surface area contributed by atoms with Gasteiger partial charge in [0.15, 0.2) is 0 Å². The Morgan fingerprint density at radius 2 is 1.88 bits per heavy atom. The largest absolute Gasteiger partial charge is 0.462 e. The topological polar surface area (TPSA) is 130 Å². The first-order chi connectivity index (χ1) is 15.5. The van der Waals surface area contributed by atoms with Gasteiger partial charge in [-0.05, 0) is 55.9 Å². The quantitative estimate of drug-likeness (QED) is 0.424. The summed E-state index contributed by atoms with van der Waals surface area (Å²) in [5.74, 6) is -1.73. The zero-order valence-corrected chi connectivity index (χ0v) is 19.3. The third-order valence-electron chi connectivity index (χ3n) is 10.1. The Kier molecular flexibility index (Phi) is 5.13. The van der Waals surface area contributed by atoms with Crippen molar-refractivity contribution in [3.63, 3.8) is 0 Å². The van der Waals surface area contributed by atoms with Crippen LogP contribution in [0.25, 0.3) is 0 Å². The minimum atomic E-state index is -1.28. The van der Waals surface area contributed by atoms with Gasteiger partial charge in [-0.25, -0.2) is 4.79 Å². The first-order valence-corrected chi connectivity index (χ1v) is 12.1. The molecule has 0 radical (unpaired) electrons. The van der Waals surface area contributed by atoms with E-state index in [2.05, 4.69) is 0 Å². The molecule has 33 heavy (non-hydrogen) atoms. The molecule has 0 bridgehead atoms. The molecule has 0 aromatic heterocycles. The second-order valence-electron chi connectivity index (χ2n) is 11.4. The Balaban J connectivity index is 1.56. The third kappa shape index (κ3) is 2.96. The maximum Gasteiger partial charge on any atom is 0.331 e. The molecule has 0 spiro atoms. The van der Waals surface area contributed by atoms with Crippen LogP contribution in [-0.4, -0.2) is 63.6 Å². The molecule has 1 heterocycles. The molecule has 1 aliphatic heterocycles. The van der Waals surface area contributed by atoms with E-state index in [4.69, 9.17) is 9.47 Å². The number of aldehydes is 1. The fraction of sp³-hybridized carbons (Fsp3) is 0.800. The van der Waals surface area contributed by atoms with E-state index in [0.29, 0.717) is 38.5 Å². The van der Waals surface area contributed by atoms with Gasteiger partial charge in [-0.2, -0.15) is 0 Å². The minimum absolute atomic E-state index is 0.122. The van der Waals surface area contributed by atoms with E-state index >= 15 is 0 Å². The number of aliphatic hydroxyl groups is 3. The van der Waals surface area contributed by atoms with Crippen LogP contribution >= 0.6 is 0 Å². The number of hydrogen-bond acceptors (Lipinski definition) is 8. The van der Waals surface area contributed by atoms with E-state index in [1.54, 1.807) is 0 Å². The molecule has 3 N–H and O–H groups in total. The number of hydrogen-bond donors (Lipinski definition) is 3. The summed E-state index contributed by atoms with van der Waals surface area (Å²) in [6.45, 7) is 3.46. The van der Waals surface area contributed by atoms with E-state index in [-0.39, 0.29) is 37.2 Å². The van der Waals surface area contributed by atoms with Gasteiger partial charge in [0.05, 0.1) is 22.7 Å². The number of esters is 2. The van der Waals surface area contributed by atoms with Crippen LogP contribution in [0.2, 0.25) is 0 Å². The van der Waals surface area contributed by atoms with Crippen molar-refractivity contribution in [1.29, 1.82) is 0 Å². The predicted octanol–water partition coefficient (Wildman–Crippen LogP) is 1.44. The molecule has 4 fully saturated rings. The molecule has 4 aliphatic carbocycles. The van der Waals surface area contributed by atoms with Crippen LogP contribution in [0.4, 0.5) is 0 Å². The summed E-state index contributed by atoms with van der Waals surface area (Å²) in [5, 5.41) is 34.2. The number of rotatable bonds is 3. The van der Waals surface area contributed by atoms with Crippen molar-refractivity contribution in [3.8, 4) is 0 Å². The summed E-state index contributed by atoms with van der Waals surface area (Å²) < 4.78 is 10.9. The highest BCUT2D eigenvalue weighted by Gasteiger charge is 2.73. The molecule has 8 heteroatoms. The molecule has 4 saturated carbocycles. The van der Waals surface area contributed by atoms with Crippen molar-refractivity contribution in [2.75, 3.05) is 6.61 Å². The Bertz CT molecular complexity index is 914. The molecule has 0 aromatic carbocycles. The smallest absolute Gasteiger partial charge is 0.331 e. The van der Waals surface area contributed by atoms with Crippen LogP contribution in [0.1, 0.15) is 65.2 Å². The molecular formula is C25H34O8. The molecule has 0 saturated heterocycles. The average Bonchev–Trinajstić information content (AvgIpc) is 3.24. The van der Waals surface area contributed by atoms with Gasteiger partial charge in [-0.1, -0.05) is 6.92 Å². The van der Waals surface area contributed by atoms with Crippen LogP contribution in [0.15, 0.2) is 11.6 Å². The Hall–Kier alpha value is -1.77. The molecule has 0 amide bonds. The van der Waals surface area contributed by atoms with Crippen LogP contribution in [0.3, 0.4) is 0 Å². The summed E-state index contributed by atoms with van der Waals surface area (Å²) >= 11 is 0. The standard InChI is InChI=1S/C25H34O8/c1-14(27)33-19-11-25(31)18-5-8-24(30)10-16(28)3-7-23(24,13-26)17(18)4-6-22(25,2)21(19)15-9-20(29)32-12-15/h9,13,16-19,21,28,30-31H,3-8,10-12H2,1-2H3. The first-order valence-electron chi connectivity index (χ1n) is 12.1. The van der Waals surface area contributed by atoms with Gasteiger partial charge in [0.2, 0.25) is 0 Å². The predicted molar refractivity (Wildman–Crippen MR) is 115 cm³/mol. The van der Waals surface area contributed by atoms with E-state index in [1.807, 2.05) is 6.92 Å². The highest BCUT2D eigenvalue weighted by atomic mass is 16.5. The van der Waals surface area contributed by atoms with Crippen molar-refractivity contribution >= 4 is 18.2 Å². The van der Waals surface area contributed by atoms with Gasteiger partial charge in [0, 0.05) is 37.2 Å². The summed E-state index contributed by atoms with van der Waals surface area (Å²) in [4.78, 5) is 36.4. The normalized spacial score (nSPS) is 51.0. The number of fused-ring (bicyclic) bond motifs is 5. The van der Waals surface area contributed by atoms with Crippen molar-refractivity contribution in [3.05, 3.63) is 11.6 Å². The van der Waals surface area contributed by atoms with E-state index < -0.39 is 46.2 Å². The highest BCUT2D eigenvalue weighted by molar-refractivity contribution is 5.85. The number of carbonyl (C=O) groups excluding carboxylic acids is 3. The second-order valence-corrected chi connectivity index (χ2v) is 11.4. The lowest BCUT2D eigenvalue weighted by Gasteiger charge is -2.65. The van der Waals surface area contributed by atoms with Crippen LogP contribution in [0, 0.1) is 28.6 Å². The van der Waals surface area contributed by atoms with Gasteiger partial charge in [-0.3, -0.25) is 4.79 Å². The Morgan fingerprint density at radius 3 is 2.52 bits per heavy atom. The summed E-state index contributed by atoms with van der Waals surface area (Å²) in [6, 6.07) is 0. The molecule has 0 aromatic rings. The van der Waals surface area contributed by atoms with Crippen LogP contribution < -0.4 is 0 Å². The maximum atomic E-state index is 12.6. The third-order valence-corrected chi connectivity index (χ3v) is 10.1. The zero-order valence-electron chi connectivity index (χ0n) is 19.3. The molecule has 5 rings (SSSR count).